The van der Waals surface area contributed by atoms with Gasteiger partial charge in [0, 0.05) is 0 Å². The van der Waals surface area contributed by atoms with Gasteiger partial charge in [0.15, 0.2) is 11.3 Å². The van der Waals surface area contributed by atoms with Crippen LogP contribution < -0.4 is 40.6 Å². The minimum Gasteiger partial charge on any atom is -0.376 e. The Kier molecular flexibility index (Phi) is 9.02. The molecule has 0 aliphatic carbocycles. The molecule has 0 aliphatic rings. The van der Waals surface area contributed by atoms with Crippen LogP contribution in [-0.2, 0) is 0 Å². The molecule has 3 nitrogen and oxygen atoms in total. The normalized spacial score (nSPS) is 5.00. The Labute approximate surface area is 69.2 Å². The van der Waals surface area contributed by atoms with Crippen molar-refractivity contribution < 1.29 is 29.6 Å². The third-order valence-corrected chi connectivity index (χ3v) is 0.281. The molecule has 0 radical (unpaired) electrons. The van der Waals surface area contributed by atoms with E-state index in [9.17, 15) is 0 Å². The molecule has 0 saturated carbocycles. The van der Waals surface area contributed by atoms with Gasteiger partial charge in [-0.15, -0.1) is 0 Å². The Hall–Kier alpha value is 0.180. The fraction of sp³-hybridized carbons (Fsp3) is 0. The van der Waals surface area contributed by atoms with E-state index >= 15 is 0 Å². The molecule has 0 aromatic heterocycles. The van der Waals surface area contributed by atoms with Crippen molar-refractivity contribution in [3.05, 3.63) is 0 Å². The van der Waals surface area contributed by atoms with E-state index in [0.717, 1.165) is 0 Å². The van der Waals surface area contributed by atoms with Crippen LogP contribution in [-0.4, -0.2) is 5.11 Å². The summed E-state index contributed by atoms with van der Waals surface area (Å²) in [6.45, 7) is 0. The van der Waals surface area contributed by atoms with Crippen molar-refractivity contribution in [2.24, 2.45) is 5.73 Å². The molecule has 5 heteroatoms. The van der Waals surface area contributed by atoms with Crippen LogP contribution in [0.3, 0.4) is 0 Å². The average molecular weight is 124 g/mol. The molecule has 0 spiro atoms. The summed E-state index contributed by atoms with van der Waals surface area (Å²) in [6.07, 6.45) is 1.55. The number of thiocarbonyl (C=S) groups is 1. The second kappa shape index (κ2) is 6.18. The van der Waals surface area contributed by atoms with Crippen LogP contribution in [0.4, 0.5) is 0 Å². The van der Waals surface area contributed by atoms with Crippen LogP contribution in [0.5, 0.6) is 0 Å². The van der Waals surface area contributed by atoms with Crippen molar-refractivity contribution in [3.63, 3.8) is 0 Å². The number of nitriles is 1. The Balaban J connectivity index is 0. The van der Waals surface area contributed by atoms with Gasteiger partial charge >= 0.3 is 29.6 Å². The van der Waals surface area contributed by atoms with Gasteiger partial charge in [0.1, 0.15) is 0 Å². The molecule has 0 unspecified atom stereocenters. The van der Waals surface area contributed by atoms with Gasteiger partial charge in [-0.25, -0.2) is 0 Å². The first-order valence-electron chi connectivity index (χ1n) is 1.22. The molecule has 0 aliphatic heterocycles. The van der Waals surface area contributed by atoms with Gasteiger partial charge in [0.05, 0.1) is 0 Å². The number of hydrogen-bond donors (Lipinski definition) is 2. The predicted octanol–water partition coefficient (Wildman–Crippen LogP) is -3.70. The summed E-state index contributed by atoms with van der Waals surface area (Å²) < 4.78 is 0. The molecule has 0 aromatic rings. The minimum absolute atomic E-state index is 0. The van der Waals surface area contributed by atoms with Crippen LogP contribution >= 0.6 is 12.2 Å². The van der Waals surface area contributed by atoms with Gasteiger partial charge in [0.25, 0.3) is 0 Å². The number of nitrogens with zero attached hydrogens (tertiary/aromatic N) is 1. The van der Waals surface area contributed by atoms with Crippen LogP contribution in [0, 0.1) is 11.5 Å². The van der Waals surface area contributed by atoms with Crippen molar-refractivity contribution in [2.75, 3.05) is 0 Å². The summed E-state index contributed by atoms with van der Waals surface area (Å²) in [5, 5.41) is 9.74. The van der Waals surface area contributed by atoms with Gasteiger partial charge in [-0.3, -0.25) is 5.32 Å². The fourth-order valence-electron chi connectivity index (χ4n) is 0.0551. The molecule has 0 saturated heterocycles. The van der Waals surface area contributed by atoms with E-state index < -0.39 is 0 Å². The van der Waals surface area contributed by atoms with Gasteiger partial charge in [0.2, 0.25) is 0 Å². The molecule has 0 heterocycles. The average Bonchev–Trinajstić information content (AvgIpc) is 1.35. The van der Waals surface area contributed by atoms with Gasteiger partial charge < -0.3 is 5.73 Å². The Morgan fingerprint density at radius 2 is 2.29 bits per heavy atom. The predicted molar refractivity (Wildman–Crippen MR) is 25.5 cm³/mol. The summed E-state index contributed by atoms with van der Waals surface area (Å²) in [7, 11) is 0. The molecule has 0 amide bonds. The number of hydrogen-bond acceptors (Lipinski definition) is 2. The van der Waals surface area contributed by atoms with E-state index in [0.29, 0.717) is 0 Å². The third-order valence-electron chi connectivity index (χ3n) is 0.179. The summed E-state index contributed by atoms with van der Waals surface area (Å²) >= 11 is 4.24. The first-order chi connectivity index (χ1) is 2.77. The van der Waals surface area contributed by atoms with E-state index in [1.54, 1.807) is 6.19 Å². The standard InChI is InChI=1S/C2H3N3S.Na/c3-1-5-2(4)6;/h(H3,4,5,6);/q;+1. The molecule has 0 aromatic carbocycles. The van der Waals surface area contributed by atoms with Gasteiger partial charge in [-0.05, 0) is 12.2 Å². The maximum Gasteiger partial charge on any atom is 1.00 e. The van der Waals surface area contributed by atoms with E-state index in [1.807, 2.05) is 5.32 Å². The molecular formula is C2H3N3NaS+. The van der Waals surface area contributed by atoms with Crippen LogP contribution in [0.2, 0.25) is 0 Å². The molecule has 0 rings (SSSR count). The van der Waals surface area contributed by atoms with Crippen LogP contribution in [0.1, 0.15) is 0 Å². The number of rotatable bonds is 0. The van der Waals surface area contributed by atoms with Crippen LogP contribution in [0.15, 0.2) is 0 Å². The molecule has 32 valence electrons. The second-order valence-electron chi connectivity index (χ2n) is 0.601. The zero-order valence-corrected chi connectivity index (χ0v) is 6.75. The third kappa shape index (κ3) is 10.7. The monoisotopic (exact) mass is 124 g/mol. The summed E-state index contributed by atoms with van der Waals surface area (Å²) in [5.74, 6) is 0. The Morgan fingerprint density at radius 1 is 1.86 bits per heavy atom. The second-order valence-corrected chi connectivity index (χ2v) is 1.04. The van der Waals surface area contributed by atoms with Crippen molar-refractivity contribution in [2.45, 2.75) is 0 Å². The van der Waals surface area contributed by atoms with E-state index in [4.69, 9.17) is 11.0 Å². The van der Waals surface area contributed by atoms with Crippen molar-refractivity contribution in [3.8, 4) is 6.19 Å². The molecular weight excluding hydrogens is 121 g/mol. The SMILES string of the molecule is N#CNC(N)=S.[Na+]. The zero-order valence-electron chi connectivity index (χ0n) is 3.93. The molecule has 7 heavy (non-hydrogen) atoms. The van der Waals surface area contributed by atoms with E-state index in [1.165, 1.54) is 0 Å². The number of nitrogens with two attached hydrogens (primary N) is 1. The maximum atomic E-state index is 7.71. The minimum atomic E-state index is 0. The van der Waals surface area contributed by atoms with E-state index in [-0.39, 0.29) is 34.7 Å². The first-order valence-corrected chi connectivity index (χ1v) is 1.62. The fourth-order valence-corrected chi connectivity index (χ4v) is 0.101. The summed E-state index contributed by atoms with van der Waals surface area (Å²) in [5.41, 5.74) is 4.80. The Morgan fingerprint density at radius 3 is 2.29 bits per heavy atom. The first kappa shape index (κ1) is 10.2. The molecule has 0 fully saturated rings. The van der Waals surface area contributed by atoms with Crippen molar-refractivity contribution >= 4 is 17.3 Å². The largest absolute Gasteiger partial charge is 1.00 e. The summed E-state index contributed by atoms with van der Waals surface area (Å²) in [6, 6.07) is 0. The van der Waals surface area contributed by atoms with Gasteiger partial charge in [-0.2, -0.15) is 5.26 Å². The topological polar surface area (TPSA) is 61.8 Å². The Bertz CT molecular complexity index is 95.6. The zero-order chi connectivity index (χ0) is 4.99. The van der Waals surface area contributed by atoms with Crippen LogP contribution in [0.25, 0.3) is 0 Å². The van der Waals surface area contributed by atoms with Crippen molar-refractivity contribution in [1.29, 1.82) is 5.26 Å². The summed E-state index contributed by atoms with van der Waals surface area (Å²) in [4.78, 5) is 0. The molecule has 3 N–H and O–H groups in total. The quantitative estimate of drug-likeness (QED) is 0.151. The van der Waals surface area contributed by atoms with E-state index in [2.05, 4.69) is 12.2 Å². The smallest absolute Gasteiger partial charge is 0.376 e. The van der Waals surface area contributed by atoms with Crippen molar-refractivity contribution in [1.82, 2.24) is 5.32 Å². The molecule has 0 atom stereocenters. The maximum absolute atomic E-state index is 7.71. The number of nitrogens with one attached hydrogen (secondary N) is 1. The molecule has 0 bridgehead atoms. The van der Waals surface area contributed by atoms with Gasteiger partial charge in [-0.1, -0.05) is 0 Å².